The van der Waals surface area contributed by atoms with Gasteiger partial charge in [-0.25, -0.2) is 0 Å². The van der Waals surface area contributed by atoms with Crippen molar-refractivity contribution < 1.29 is 4.74 Å². The van der Waals surface area contributed by atoms with E-state index in [2.05, 4.69) is 33.6 Å². The minimum absolute atomic E-state index is 0.290. The number of benzene rings is 1. The molecule has 1 aliphatic carbocycles. The molecule has 1 aliphatic rings. The van der Waals surface area contributed by atoms with Crippen LogP contribution in [0.2, 0.25) is 0 Å². The summed E-state index contributed by atoms with van der Waals surface area (Å²) >= 11 is 10.5. The van der Waals surface area contributed by atoms with Gasteiger partial charge in [-0.1, -0.05) is 12.2 Å². The highest BCUT2D eigenvalue weighted by Gasteiger charge is 2.09. The molecule has 23 heavy (non-hydrogen) atoms. The van der Waals surface area contributed by atoms with Crippen molar-refractivity contribution >= 4 is 40.3 Å². The Kier molecular flexibility index (Phi) is 7.09. The quantitative estimate of drug-likeness (QED) is 0.378. The van der Waals surface area contributed by atoms with E-state index in [1.54, 1.807) is 0 Å². The first-order chi connectivity index (χ1) is 11.2. The van der Waals surface area contributed by atoms with Gasteiger partial charge >= 0.3 is 0 Å². The van der Waals surface area contributed by atoms with Gasteiger partial charge in [-0.05, 0) is 74.9 Å². The summed E-state index contributed by atoms with van der Waals surface area (Å²) in [5.41, 5.74) is 6.64. The predicted molar refractivity (Wildman–Crippen MR) is 103 cm³/mol. The molecule has 1 unspecified atom stereocenters. The first kappa shape index (κ1) is 17.5. The highest BCUT2D eigenvalue weighted by atomic mass is 32.1. The highest BCUT2D eigenvalue weighted by molar-refractivity contribution is 7.80. The van der Waals surface area contributed by atoms with E-state index in [9.17, 15) is 0 Å². The topological polar surface area (TPSA) is 57.4 Å². The molecular weight excluding hydrogens is 328 g/mol. The summed E-state index contributed by atoms with van der Waals surface area (Å²) in [7, 11) is 0. The van der Waals surface area contributed by atoms with Crippen LogP contribution in [0.3, 0.4) is 0 Å². The number of hydrogen-bond donors (Lipinski definition) is 4. The standard InChI is InChI=1S/C16H22N4OS2/c1-2-21-14-10-8-13(9-11-14)18-16(23)20-19-15(22)17-12-6-4-3-5-7-12/h4,6,8-12H,2-3,5,7H2,1H3,(H2,17,19,22)(H2,18,20,23). The Balaban J connectivity index is 1.70. The molecule has 0 spiro atoms. The van der Waals surface area contributed by atoms with Crippen LogP contribution in [0.1, 0.15) is 26.2 Å². The highest BCUT2D eigenvalue weighted by Crippen LogP contribution is 2.15. The lowest BCUT2D eigenvalue weighted by molar-refractivity contribution is 0.340. The van der Waals surface area contributed by atoms with Crippen molar-refractivity contribution in [2.75, 3.05) is 11.9 Å². The summed E-state index contributed by atoms with van der Waals surface area (Å²) in [6, 6.07) is 7.88. The summed E-state index contributed by atoms with van der Waals surface area (Å²) < 4.78 is 5.40. The van der Waals surface area contributed by atoms with Gasteiger partial charge in [0.25, 0.3) is 0 Å². The molecular formula is C16H22N4OS2. The zero-order valence-corrected chi connectivity index (χ0v) is 14.7. The summed E-state index contributed by atoms with van der Waals surface area (Å²) in [6.45, 7) is 2.61. The van der Waals surface area contributed by atoms with E-state index in [0.717, 1.165) is 24.3 Å². The number of allylic oxidation sites excluding steroid dienone is 1. The molecule has 0 amide bonds. The normalized spacial score (nSPS) is 16.3. The van der Waals surface area contributed by atoms with E-state index in [1.807, 2.05) is 31.2 Å². The minimum Gasteiger partial charge on any atom is -0.494 e. The number of hydrogen-bond acceptors (Lipinski definition) is 3. The monoisotopic (exact) mass is 350 g/mol. The van der Waals surface area contributed by atoms with E-state index in [-0.39, 0.29) is 6.04 Å². The Hall–Kier alpha value is -1.86. The Morgan fingerprint density at radius 2 is 1.91 bits per heavy atom. The van der Waals surface area contributed by atoms with Gasteiger partial charge in [-0.3, -0.25) is 10.9 Å². The van der Waals surface area contributed by atoms with Gasteiger partial charge in [0.1, 0.15) is 5.75 Å². The van der Waals surface area contributed by atoms with Crippen LogP contribution in [-0.4, -0.2) is 22.9 Å². The second-order valence-electron chi connectivity index (χ2n) is 5.10. The number of rotatable bonds is 4. The van der Waals surface area contributed by atoms with Gasteiger partial charge in [-0.15, -0.1) is 0 Å². The van der Waals surface area contributed by atoms with E-state index >= 15 is 0 Å². The third-order valence-electron chi connectivity index (χ3n) is 3.28. The number of nitrogens with one attached hydrogen (secondary N) is 4. The van der Waals surface area contributed by atoms with E-state index in [1.165, 1.54) is 6.42 Å². The second kappa shape index (κ2) is 9.32. The van der Waals surface area contributed by atoms with Crippen LogP contribution >= 0.6 is 24.4 Å². The van der Waals surface area contributed by atoms with Crippen molar-refractivity contribution in [1.82, 2.24) is 16.2 Å². The van der Waals surface area contributed by atoms with E-state index in [0.29, 0.717) is 16.8 Å². The van der Waals surface area contributed by atoms with Gasteiger partial charge in [0, 0.05) is 11.7 Å². The molecule has 1 aromatic carbocycles. The van der Waals surface area contributed by atoms with Crippen molar-refractivity contribution in [3.05, 3.63) is 36.4 Å². The Morgan fingerprint density at radius 1 is 1.17 bits per heavy atom. The SMILES string of the molecule is CCOc1ccc(NC(=S)NNC(=S)NC2C=CCCC2)cc1. The van der Waals surface area contributed by atoms with Crippen LogP contribution in [0.25, 0.3) is 0 Å². The molecule has 2 rings (SSSR count). The van der Waals surface area contributed by atoms with Crippen LogP contribution in [-0.2, 0) is 0 Å². The van der Waals surface area contributed by atoms with Gasteiger partial charge in [0.2, 0.25) is 0 Å². The molecule has 0 bridgehead atoms. The zero-order valence-electron chi connectivity index (χ0n) is 13.1. The van der Waals surface area contributed by atoms with Gasteiger partial charge in [0.05, 0.1) is 6.61 Å². The summed E-state index contributed by atoms with van der Waals surface area (Å²) in [5, 5.41) is 7.27. The van der Waals surface area contributed by atoms with Crippen LogP contribution in [0.15, 0.2) is 36.4 Å². The van der Waals surface area contributed by atoms with E-state index < -0.39 is 0 Å². The number of ether oxygens (including phenoxy) is 1. The van der Waals surface area contributed by atoms with Crippen LogP contribution in [0.4, 0.5) is 5.69 Å². The molecule has 0 saturated heterocycles. The van der Waals surface area contributed by atoms with Crippen molar-refractivity contribution in [2.45, 2.75) is 32.2 Å². The molecule has 0 saturated carbocycles. The molecule has 7 heteroatoms. The first-order valence-electron chi connectivity index (χ1n) is 7.70. The lowest BCUT2D eigenvalue weighted by Gasteiger charge is -2.21. The average molecular weight is 351 g/mol. The lowest BCUT2D eigenvalue weighted by atomic mass is 10.0. The Bertz CT molecular complexity index is 560. The van der Waals surface area contributed by atoms with Crippen molar-refractivity contribution in [1.29, 1.82) is 0 Å². The summed E-state index contributed by atoms with van der Waals surface area (Å²) in [5.74, 6) is 0.834. The molecule has 124 valence electrons. The van der Waals surface area contributed by atoms with Crippen molar-refractivity contribution in [3.8, 4) is 5.75 Å². The second-order valence-corrected chi connectivity index (χ2v) is 5.92. The summed E-state index contributed by atoms with van der Waals surface area (Å²) in [6.07, 6.45) is 7.74. The molecule has 5 nitrogen and oxygen atoms in total. The van der Waals surface area contributed by atoms with Gasteiger partial charge < -0.3 is 15.4 Å². The predicted octanol–water partition coefficient (Wildman–Crippen LogP) is 2.86. The molecule has 0 aliphatic heterocycles. The number of hydrazine groups is 1. The lowest BCUT2D eigenvalue weighted by Crippen LogP contribution is -2.50. The molecule has 4 N–H and O–H groups in total. The smallest absolute Gasteiger partial charge is 0.189 e. The molecule has 0 radical (unpaired) electrons. The van der Waals surface area contributed by atoms with Crippen molar-refractivity contribution in [2.24, 2.45) is 0 Å². The third kappa shape index (κ3) is 6.42. The van der Waals surface area contributed by atoms with Gasteiger partial charge in [0.15, 0.2) is 10.2 Å². The van der Waals surface area contributed by atoms with Crippen LogP contribution in [0.5, 0.6) is 5.75 Å². The molecule has 0 fully saturated rings. The average Bonchev–Trinajstić information content (AvgIpc) is 2.56. The fraction of sp³-hybridized carbons (Fsp3) is 0.375. The first-order valence-corrected chi connectivity index (χ1v) is 8.52. The van der Waals surface area contributed by atoms with Crippen LogP contribution < -0.4 is 26.2 Å². The van der Waals surface area contributed by atoms with Crippen LogP contribution in [0, 0.1) is 0 Å². The zero-order chi connectivity index (χ0) is 16.5. The number of anilines is 1. The molecule has 1 atom stereocenters. The van der Waals surface area contributed by atoms with E-state index in [4.69, 9.17) is 29.2 Å². The fourth-order valence-electron chi connectivity index (χ4n) is 2.21. The van der Waals surface area contributed by atoms with Crippen molar-refractivity contribution in [3.63, 3.8) is 0 Å². The largest absolute Gasteiger partial charge is 0.494 e. The molecule has 0 aromatic heterocycles. The molecule has 0 heterocycles. The third-order valence-corrected chi connectivity index (χ3v) is 3.71. The molecule has 1 aromatic rings. The number of thiocarbonyl (C=S) groups is 2. The Labute approximate surface area is 147 Å². The maximum absolute atomic E-state index is 5.40. The minimum atomic E-state index is 0.290. The Morgan fingerprint density at radius 3 is 2.57 bits per heavy atom. The maximum Gasteiger partial charge on any atom is 0.189 e. The summed E-state index contributed by atoms with van der Waals surface area (Å²) in [4.78, 5) is 0. The fourth-order valence-corrected chi connectivity index (χ4v) is 2.59. The van der Waals surface area contributed by atoms with Gasteiger partial charge in [-0.2, -0.15) is 0 Å². The maximum atomic E-state index is 5.40.